The van der Waals surface area contributed by atoms with Gasteiger partial charge in [0, 0.05) is 0 Å². The lowest BCUT2D eigenvalue weighted by molar-refractivity contribution is 0.0554. The summed E-state index contributed by atoms with van der Waals surface area (Å²) in [6.07, 6.45) is 1.47. The second-order valence-electron chi connectivity index (χ2n) is 9.97. The molecule has 1 unspecified atom stereocenters. The Labute approximate surface area is 245 Å². The molecule has 2 aromatic heterocycles. The van der Waals surface area contributed by atoms with Crippen molar-refractivity contribution in [3.8, 4) is 11.5 Å². The van der Waals surface area contributed by atoms with Crippen LogP contribution in [0.3, 0.4) is 0 Å². The molecule has 6 rings (SSSR count). The van der Waals surface area contributed by atoms with Crippen molar-refractivity contribution >= 4 is 39.3 Å². The number of nitrogens with zero attached hydrogens (tertiary/aromatic N) is 2. The average molecular weight is 579 g/mol. The van der Waals surface area contributed by atoms with Crippen LogP contribution >= 0.6 is 11.3 Å². The van der Waals surface area contributed by atoms with Crippen LogP contribution in [-0.4, -0.2) is 23.5 Å². The maximum absolute atomic E-state index is 14.1. The number of thiazole rings is 1. The summed E-state index contributed by atoms with van der Waals surface area (Å²) in [6.45, 7) is 9.13. The monoisotopic (exact) mass is 578 g/mol. The third-order valence-corrected chi connectivity index (χ3v) is 8.29. The number of carbonyl (C=O) groups excluding carboxylic acids is 2. The number of aromatic nitrogens is 1. The second kappa shape index (κ2) is 10.8. The van der Waals surface area contributed by atoms with Crippen molar-refractivity contribution in [1.29, 1.82) is 0 Å². The van der Waals surface area contributed by atoms with Crippen LogP contribution in [0.4, 0.5) is 5.13 Å². The number of esters is 1. The Kier molecular flexibility index (Phi) is 6.96. The lowest BCUT2D eigenvalue weighted by Crippen LogP contribution is -2.29. The SMILES string of the molecule is C=CCOC(=O)c1sc(N2C(=O)c3oc4cc(C)c(C)cc4c(=O)c3C2c2cccc(Oc3ccccc3)c2)nc1C. The Morgan fingerprint density at radius 2 is 1.76 bits per heavy atom. The minimum Gasteiger partial charge on any atom is -0.457 e. The number of amides is 1. The lowest BCUT2D eigenvalue weighted by Gasteiger charge is -2.23. The van der Waals surface area contributed by atoms with Crippen molar-refractivity contribution in [2.24, 2.45) is 0 Å². The summed E-state index contributed by atoms with van der Waals surface area (Å²) in [5, 5.41) is 0.627. The van der Waals surface area contributed by atoms with Crippen LogP contribution in [0, 0.1) is 20.8 Å². The number of hydrogen-bond donors (Lipinski definition) is 0. The molecule has 9 heteroatoms. The zero-order valence-electron chi connectivity index (χ0n) is 23.2. The Bertz CT molecular complexity index is 1940. The van der Waals surface area contributed by atoms with Crippen LogP contribution in [0.1, 0.15) is 54.2 Å². The molecule has 3 aromatic carbocycles. The van der Waals surface area contributed by atoms with Gasteiger partial charge in [0.25, 0.3) is 5.91 Å². The molecule has 0 fully saturated rings. The Morgan fingerprint density at radius 1 is 1.02 bits per heavy atom. The van der Waals surface area contributed by atoms with Crippen LogP contribution in [0.5, 0.6) is 11.5 Å². The first-order chi connectivity index (χ1) is 20.3. The number of hydrogen-bond acceptors (Lipinski definition) is 8. The van der Waals surface area contributed by atoms with E-state index in [1.54, 1.807) is 37.3 Å². The van der Waals surface area contributed by atoms with Crippen LogP contribution in [0.2, 0.25) is 0 Å². The van der Waals surface area contributed by atoms with Crippen molar-refractivity contribution in [1.82, 2.24) is 4.98 Å². The fraction of sp³-hybridized carbons (Fsp3) is 0.152. The molecule has 0 spiro atoms. The molecule has 1 amide bonds. The summed E-state index contributed by atoms with van der Waals surface area (Å²) in [5.41, 5.74) is 3.14. The lowest BCUT2D eigenvalue weighted by atomic mass is 9.97. The maximum Gasteiger partial charge on any atom is 0.350 e. The predicted molar refractivity (Wildman–Crippen MR) is 161 cm³/mol. The van der Waals surface area contributed by atoms with Gasteiger partial charge in [-0.3, -0.25) is 14.5 Å². The molecule has 210 valence electrons. The van der Waals surface area contributed by atoms with Crippen molar-refractivity contribution in [2.75, 3.05) is 11.5 Å². The summed E-state index contributed by atoms with van der Waals surface area (Å²) in [4.78, 5) is 47.1. The van der Waals surface area contributed by atoms with E-state index in [4.69, 9.17) is 13.9 Å². The molecule has 0 bridgehead atoms. The van der Waals surface area contributed by atoms with Gasteiger partial charge in [0.15, 0.2) is 10.6 Å². The number of fused-ring (bicyclic) bond motifs is 2. The molecule has 1 aliphatic rings. The summed E-state index contributed by atoms with van der Waals surface area (Å²) in [6, 6.07) is 19.2. The Balaban J connectivity index is 1.53. The van der Waals surface area contributed by atoms with Crippen LogP contribution < -0.4 is 15.1 Å². The molecule has 8 nitrogen and oxygen atoms in total. The fourth-order valence-corrected chi connectivity index (χ4v) is 5.98. The standard InChI is InChI=1S/C33H26N2O6S/c1-5-14-39-32(38)30-20(4)34-33(42-30)35-27(21-10-9-13-23(17-21)40-22-11-7-6-8-12-22)26-28(36)24-15-18(2)19(3)16-25(24)41-29(26)31(35)37/h5-13,15-17,27H,1,14H2,2-4H3. The van der Waals surface area contributed by atoms with Gasteiger partial charge in [-0.05, 0) is 73.9 Å². The first-order valence-corrected chi connectivity index (χ1v) is 14.1. The zero-order chi connectivity index (χ0) is 29.5. The van der Waals surface area contributed by atoms with E-state index in [2.05, 4.69) is 11.6 Å². The molecule has 0 aliphatic carbocycles. The number of rotatable bonds is 7. The largest absolute Gasteiger partial charge is 0.457 e. The van der Waals surface area contributed by atoms with Crippen LogP contribution in [0.25, 0.3) is 11.0 Å². The summed E-state index contributed by atoms with van der Waals surface area (Å²) >= 11 is 1.02. The Morgan fingerprint density at radius 3 is 2.52 bits per heavy atom. The van der Waals surface area contributed by atoms with Crippen molar-refractivity contribution in [3.05, 3.63) is 128 Å². The highest BCUT2D eigenvalue weighted by Crippen LogP contribution is 2.44. The number of benzene rings is 3. The Hall–Kier alpha value is -5.02. The number of ether oxygens (including phenoxy) is 2. The number of para-hydroxylation sites is 1. The van der Waals surface area contributed by atoms with E-state index < -0.39 is 17.9 Å². The minimum absolute atomic E-state index is 0.0419. The van der Waals surface area contributed by atoms with Gasteiger partial charge >= 0.3 is 5.97 Å². The quantitative estimate of drug-likeness (QED) is 0.151. The van der Waals surface area contributed by atoms with Crippen molar-refractivity contribution < 1.29 is 23.5 Å². The summed E-state index contributed by atoms with van der Waals surface area (Å²) in [5.74, 6) is 0.0188. The van der Waals surface area contributed by atoms with E-state index in [-0.39, 0.29) is 33.4 Å². The fourth-order valence-electron chi connectivity index (χ4n) is 4.99. The zero-order valence-corrected chi connectivity index (χ0v) is 24.0. The van der Waals surface area contributed by atoms with Crippen LogP contribution in [-0.2, 0) is 4.74 Å². The molecular formula is C33H26N2O6S. The topological polar surface area (TPSA) is 98.9 Å². The van der Waals surface area contributed by atoms with Gasteiger partial charge in [0.1, 0.15) is 28.6 Å². The number of carbonyl (C=O) groups is 2. The van der Waals surface area contributed by atoms with Gasteiger partial charge in [0.2, 0.25) is 5.76 Å². The molecule has 3 heterocycles. The van der Waals surface area contributed by atoms with Crippen molar-refractivity contribution in [2.45, 2.75) is 26.8 Å². The highest BCUT2D eigenvalue weighted by Gasteiger charge is 2.45. The minimum atomic E-state index is -0.878. The van der Waals surface area contributed by atoms with E-state index >= 15 is 0 Å². The van der Waals surface area contributed by atoms with Gasteiger partial charge in [-0.2, -0.15) is 0 Å². The molecule has 0 saturated carbocycles. The maximum atomic E-state index is 14.1. The van der Waals surface area contributed by atoms with Crippen LogP contribution in [0.15, 0.2) is 88.6 Å². The van der Waals surface area contributed by atoms with Gasteiger partial charge in [-0.15, -0.1) is 0 Å². The van der Waals surface area contributed by atoms with Crippen molar-refractivity contribution in [3.63, 3.8) is 0 Å². The third-order valence-electron chi connectivity index (χ3n) is 7.15. The molecule has 1 aliphatic heterocycles. The smallest absolute Gasteiger partial charge is 0.350 e. The third kappa shape index (κ3) is 4.67. The molecule has 5 aromatic rings. The highest BCUT2D eigenvalue weighted by molar-refractivity contribution is 7.17. The van der Waals surface area contributed by atoms with E-state index in [1.807, 2.05) is 50.2 Å². The first kappa shape index (κ1) is 27.2. The highest BCUT2D eigenvalue weighted by atomic mass is 32.1. The summed E-state index contributed by atoms with van der Waals surface area (Å²) < 4.78 is 17.4. The van der Waals surface area contributed by atoms with Gasteiger partial charge in [0.05, 0.1) is 22.7 Å². The normalized spacial score (nSPS) is 14.2. The molecule has 42 heavy (non-hydrogen) atoms. The van der Waals surface area contributed by atoms with E-state index in [0.717, 1.165) is 22.5 Å². The van der Waals surface area contributed by atoms with E-state index in [0.29, 0.717) is 33.7 Å². The molecule has 0 saturated heterocycles. The number of aryl methyl sites for hydroxylation is 3. The van der Waals surface area contributed by atoms with Gasteiger partial charge in [-0.25, -0.2) is 9.78 Å². The molecular weight excluding hydrogens is 552 g/mol. The number of anilines is 1. The predicted octanol–water partition coefficient (Wildman–Crippen LogP) is 7.06. The molecule has 0 radical (unpaired) electrons. The summed E-state index contributed by atoms with van der Waals surface area (Å²) in [7, 11) is 0. The molecule has 0 N–H and O–H groups in total. The molecule has 1 atom stereocenters. The first-order valence-electron chi connectivity index (χ1n) is 13.3. The average Bonchev–Trinajstić information content (AvgIpc) is 3.50. The second-order valence-corrected chi connectivity index (χ2v) is 10.9. The van der Waals surface area contributed by atoms with E-state index in [1.165, 1.54) is 11.0 Å². The van der Waals surface area contributed by atoms with Gasteiger partial charge < -0.3 is 13.9 Å². The van der Waals surface area contributed by atoms with E-state index in [9.17, 15) is 14.4 Å². The van der Waals surface area contributed by atoms with Gasteiger partial charge in [-0.1, -0.05) is 54.3 Å².